The SMILES string of the molecule is CCCCCCCCCCCCCC/C=C/C(O)C(CO)NC(=O)CCCCCCCCCCCCCCCCCCC/C=C\CCCCCCCCCCCCCCCCCCCCOC(=O)CCCCCCCCCCCCCCCCCCCC. The van der Waals surface area contributed by atoms with Gasteiger partial charge in [0, 0.05) is 12.8 Å². The Morgan fingerprint density at radius 3 is 0.807 bits per heavy atom. The smallest absolute Gasteiger partial charge is 0.305 e. The maximum absolute atomic E-state index is 12.5. The van der Waals surface area contributed by atoms with Crippen LogP contribution in [0, 0.1) is 0 Å². The Hall–Kier alpha value is -1.66. The molecule has 0 rings (SSSR count). The summed E-state index contributed by atoms with van der Waals surface area (Å²) in [6, 6.07) is -0.624. The van der Waals surface area contributed by atoms with Gasteiger partial charge in [0.25, 0.3) is 0 Å². The van der Waals surface area contributed by atoms with Gasteiger partial charge in [-0.3, -0.25) is 9.59 Å². The normalized spacial score (nSPS) is 12.5. The molecule has 0 radical (unpaired) electrons. The minimum Gasteiger partial charge on any atom is -0.466 e. The monoisotopic (exact) mass is 1240 g/mol. The maximum Gasteiger partial charge on any atom is 0.305 e. The van der Waals surface area contributed by atoms with Gasteiger partial charge in [-0.1, -0.05) is 417 Å². The van der Waals surface area contributed by atoms with Gasteiger partial charge in [-0.15, -0.1) is 0 Å². The molecule has 0 aliphatic rings. The molecule has 6 heteroatoms. The number of allylic oxidation sites excluding steroid dienone is 3. The highest BCUT2D eigenvalue weighted by Gasteiger charge is 2.18. The fourth-order valence-corrected chi connectivity index (χ4v) is 13.0. The number of amides is 1. The first-order valence-electron chi connectivity index (χ1n) is 40.6. The minimum absolute atomic E-state index is 0.0277. The summed E-state index contributed by atoms with van der Waals surface area (Å²) >= 11 is 0. The zero-order chi connectivity index (χ0) is 63.5. The molecule has 0 aromatic rings. The van der Waals surface area contributed by atoms with Crippen molar-refractivity contribution in [2.24, 2.45) is 0 Å². The Balaban J connectivity index is 3.31. The Morgan fingerprint density at radius 2 is 0.534 bits per heavy atom. The molecule has 0 aliphatic heterocycles. The second-order valence-electron chi connectivity index (χ2n) is 28.1. The highest BCUT2D eigenvalue weighted by atomic mass is 16.5. The molecule has 0 bridgehead atoms. The molecular formula is C82H159NO5. The summed E-state index contributed by atoms with van der Waals surface area (Å²) in [4.78, 5) is 24.6. The van der Waals surface area contributed by atoms with Crippen LogP contribution in [0.3, 0.4) is 0 Å². The molecule has 0 saturated carbocycles. The summed E-state index contributed by atoms with van der Waals surface area (Å²) in [7, 11) is 0. The number of aliphatic hydroxyl groups is 2. The van der Waals surface area contributed by atoms with Crippen LogP contribution < -0.4 is 5.32 Å². The van der Waals surface area contributed by atoms with Crippen molar-refractivity contribution < 1.29 is 24.5 Å². The lowest BCUT2D eigenvalue weighted by molar-refractivity contribution is -0.143. The number of aliphatic hydroxyl groups excluding tert-OH is 2. The topological polar surface area (TPSA) is 95.9 Å². The van der Waals surface area contributed by atoms with Crippen molar-refractivity contribution in [3.63, 3.8) is 0 Å². The highest BCUT2D eigenvalue weighted by molar-refractivity contribution is 5.76. The van der Waals surface area contributed by atoms with Crippen LogP contribution in [-0.2, 0) is 14.3 Å². The zero-order valence-corrected chi connectivity index (χ0v) is 60.0. The molecule has 3 N–H and O–H groups in total. The van der Waals surface area contributed by atoms with Crippen LogP contribution >= 0.6 is 0 Å². The van der Waals surface area contributed by atoms with E-state index >= 15 is 0 Å². The molecule has 88 heavy (non-hydrogen) atoms. The molecule has 2 unspecified atom stereocenters. The van der Waals surface area contributed by atoms with Gasteiger partial charge in [-0.25, -0.2) is 0 Å². The number of hydrogen-bond donors (Lipinski definition) is 3. The number of esters is 1. The summed E-state index contributed by atoms with van der Waals surface area (Å²) in [5, 5.41) is 23.2. The van der Waals surface area contributed by atoms with Crippen LogP contribution in [0.25, 0.3) is 0 Å². The van der Waals surface area contributed by atoms with Crippen molar-refractivity contribution in [2.75, 3.05) is 13.2 Å². The van der Waals surface area contributed by atoms with Gasteiger partial charge < -0.3 is 20.3 Å². The predicted octanol–water partition coefficient (Wildman–Crippen LogP) is 26.8. The average Bonchev–Trinajstić information content (AvgIpc) is 3.57. The van der Waals surface area contributed by atoms with Gasteiger partial charge in [-0.2, -0.15) is 0 Å². The standard InChI is InChI=1S/C82H159NO5/c1-3-5-7-9-11-13-15-17-19-20-45-48-52-56-60-64-68-72-76-82(87)88-77-73-69-65-61-57-53-49-46-43-41-39-37-35-33-31-29-27-25-23-21-22-24-26-28-30-32-34-36-38-40-42-44-47-51-55-59-63-67-71-75-81(86)83-79(78-84)80(85)74-70-66-62-58-54-50-18-16-14-12-10-8-6-4-2/h21-22,70,74,79-80,84-85H,3-20,23-69,71-73,75-78H2,1-2H3,(H,83,86)/b22-21-,74-70+. The summed E-state index contributed by atoms with van der Waals surface area (Å²) in [5.41, 5.74) is 0. The number of ether oxygens (including phenoxy) is 1. The molecule has 0 aliphatic carbocycles. The summed E-state index contributed by atoms with van der Waals surface area (Å²) in [6.07, 6.45) is 100. The minimum atomic E-state index is -0.841. The number of carbonyl (C=O) groups excluding carboxylic acids is 2. The van der Waals surface area contributed by atoms with Crippen molar-refractivity contribution in [3.8, 4) is 0 Å². The van der Waals surface area contributed by atoms with Crippen molar-refractivity contribution in [1.29, 1.82) is 0 Å². The van der Waals surface area contributed by atoms with E-state index in [1.807, 2.05) is 6.08 Å². The molecule has 0 saturated heterocycles. The number of hydrogen-bond acceptors (Lipinski definition) is 5. The average molecular weight is 1240 g/mol. The van der Waals surface area contributed by atoms with E-state index in [9.17, 15) is 19.8 Å². The van der Waals surface area contributed by atoms with Gasteiger partial charge >= 0.3 is 5.97 Å². The van der Waals surface area contributed by atoms with Crippen molar-refractivity contribution >= 4 is 11.9 Å². The molecule has 522 valence electrons. The van der Waals surface area contributed by atoms with E-state index in [2.05, 4.69) is 31.3 Å². The van der Waals surface area contributed by atoms with Gasteiger partial charge in [0.1, 0.15) is 0 Å². The predicted molar refractivity (Wildman–Crippen MR) is 389 cm³/mol. The Bertz CT molecular complexity index is 1380. The second kappa shape index (κ2) is 77.8. The van der Waals surface area contributed by atoms with E-state index < -0.39 is 12.1 Å². The molecule has 0 fully saturated rings. The van der Waals surface area contributed by atoms with Crippen LogP contribution in [0.4, 0.5) is 0 Å². The highest BCUT2D eigenvalue weighted by Crippen LogP contribution is 2.20. The van der Waals surface area contributed by atoms with E-state index in [0.29, 0.717) is 19.4 Å². The van der Waals surface area contributed by atoms with Gasteiger partial charge in [0.15, 0.2) is 0 Å². The van der Waals surface area contributed by atoms with Gasteiger partial charge in [-0.05, 0) is 57.8 Å². The molecule has 1 amide bonds. The van der Waals surface area contributed by atoms with Crippen LogP contribution in [0.1, 0.15) is 463 Å². The molecule has 0 aromatic carbocycles. The first-order chi connectivity index (χ1) is 43.5. The van der Waals surface area contributed by atoms with Crippen LogP contribution in [0.15, 0.2) is 24.3 Å². The van der Waals surface area contributed by atoms with Crippen LogP contribution in [0.5, 0.6) is 0 Å². The second-order valence-corrected chi connectivity index (χ2v) is 28.1. The number of carbonyl (C=O) groups is 2. The van der Waals surface area contributed by atoms with Gasteiger partial charge in [0.2, 0.25) is 5.91 Å². The molecule has 0 heterocycles. The van der Waals surface area contributed by atoms with Crippen molar-refractivity contribution in [2.45, 2.75) is 475 Å². The number of unbranched alkanes of at least 4 members (excludes halogenated alkanes) is 64. The van der Waals surface area contributed by atoms with E-state index in [1.54, 1.807) is 6.08 Å². The first-order valence-corrected chi connectivity index (χ1v) is 40.6. The third-order valence-corrected chi connectivity index (χ3v) is 19.2. The van der Waals surface area contributed by atoms with Crippen LogP contribution in [0.2, 0.25) is 0 Å². The summed E-state index contributed by atoms with van der Waals surface area (Å²) in [5.74, 6) is -0.0333. The van der Waals surface area contributed by atoms with E-state index in [-0.39, 0.29) is 18.5 Å². The molecule has 0 aromatic heterocycles. The Morgan fingerprint density at radius 1 is 0.307 bits per heavy atom. The maximum atomic E-state index is 12.5. The van der Waals surface area contributed by atoms with Crippen LogP contribution in [-0.4, -0.2) is 47.4 Å². The molecule has 2 atom stereocenters. The Labute approximate surface area is 551 Å². The fourth-order valence-electron chi connectivity index (χ4n) is 13.0. The lowest BCUT2D eigenvalue weighted by Gasteiger charge is -2.20. The largest absolute Gasteiger partial charge is 0.466 e. The third kappa shape index (κ3) is 73.4. The van der Waals surface area contributed by atoms with E-state index in [1.165, 1.54) is 398 Å². The lowest BCUT2D eigenvalue weighted by Crippen LogP contribution is -2.45. The van der Waals surface area contributed by atoms with E-state index in [0.717, 1.165) is 38.5 Å². The lowest BCUT2D eigenvalue weighted by atomic mass is 10.0. The summed E-state index contributed by atoms with van der Waals surface area (Å²) in [6.45, 7) is 4.95. The third-order valence-electron chi connectivity index (χ3n) is 19.2. The van der Waals surface area contributed by atoms with Crippen molar-refractivity contribution in [1.82, 2.24) is 5.32 Å². The quantitative estimate of drug-likeness (QED) is 0.0320. The Kier molecular flexibility index (Phi) is 76.3. The molecule has 6 nitrogen and oxygen atoms in total. The number of rotatable bonds is 77. The van der Waals surface area contributed by atoms with Crippen molar-refractivity contribution in [3.05, 3.63) is 24.3 Å². The van der Waals surface area contributed by atoms with Gasteiger partial charge in [0.05, 0.1) is 25.4 Å². The summed E-state index contributed by atoms with van der Waals surface area (Å²) < 4.78 is 5.52. The fraction of sp³-hybridized carbons (Fsp3) is 0.927. The first kappa shape index (κ1) is 86.3. The van der Waals surface area contributed by atoms with E-state index in [4.69, 9.17) is 4.74 Å². The zero-order valence-electron chi connectivity index (χ0n) is 60.0. The number of nitrogens with one attached hydrogen (secondary N) is 1. The molecular weight excluding hydrogens is 1080 g/mol. The molecule has 0 spiro atoms.